The molecule has 196 valence electrons. The topological polar surface area (TPSA) is 74.3 Å². The molecule has 0 radical (unpaired) electrons. The first-order valence-corrected chi connectivity index (χ1v) is 14.1. The summed E-state index contributed by atoms with van der Waals surface area (Å²) in [6.07, 6.45) is 0. The molecule has 4 aliphatic rings. The standard InChI is InChI=1S/C29H35N3O4S/c1-18-3-6-26(36-16-21-5-4-20(12-19(21)2)13-31-7-9-35-10-8-31)22(11-18)25-17-37-29(30-25)32-14-23-24(15-32)27(23)28(33)34/h3-6,11-12,17,23-24,27,29-30H,7-10,13-16H2,1-2H3,(H,33,34). The van der Waals surface area contributed by atoms with Crippen LogP contribution in [0.25, 0.3) is 5.70 Å². The SMILES string of the molecule is Cc1ccc(OCc2ccc(CN3CCOCC3)cc2C)c(C2=CSC(N3CC4C(C3)C4C(=O)O)N2)c1. The number of benzene rings is 2. The summed E-state index contributed by atoms with van der Waals surface area (Å²) < 4.78 is 11.9. The molecule has 3 unspecified atom stereocenters. The van der Waals surface area contributed by atoms with Gasteiger partial charge in [0.2, 0.25) is 0 Å². The number of aliphatic carboxylic acids is 1. The Kier molecular flexibility index (Phi) is 6.92. The van der Waals surface area contributed by atoms with E-state index >= 15 is 0 Å². The fourth-order valence-electron chi connectivity index (χ4n) is 5.94. The molecule has 3 atom stereocenters. The van der Waals surface area contributed by atoms with Gasteiger partial charge in [0.25, 0.3) is 0 Å². The Bertz CT molecular complexity index is 1200. The first-order chi connectivity index (χ1) is 18.0. The van der Waals surface area contributed by atoms with Crippen molar-refractivity contribution in [3.05, 3.63) is 69.6 Å². The average molecular weight is 522 g/mol. The van der Waals surface area contributed by atoms with Gasteiger partial charge in [-0.3, -0.25) is 14.6 Å². The van der Waals surface area contributed by atoms with Crippen LogP contribution >= 0.6 is 11.8 Å². The number of fused-ring (bicyclic) bond motifs is 1. The van der Waals surface area contributed by atoms with Crippen molar-refractivity contribution in [1.29, 1.82) is 0 Å². The highest BCUT2D eigenvalue weighted by Crippen LogP contribution is 2.53. The molecule has 3 aliphatic heterocycles. The van der Waals surface area contributed by atoms with Crippen LogP contribution in [0.2, 0.25) is 0 Å². The van der Waals surface area contributed by atoms with E-state index in [1.807, 2.05) is 0 Å². The lowest BCUT2D eigenvalue weighted by Gasteiger charge is -2.27. The minimum atomic E-state index is -0.635. The summed E-state index contributed by atoms with van der Waals surface area (Å²) in [6, 6.07) is 13.0. The number of morpholine rings is 1. The summed E-state index contributed by atoms with van der Waals surface area (Å²) in [5.74, 6) is 0.723. The fourth-order valence-corrected chi connectivity index (χ4v) is 6.94. The summed E-state index contributed by atoms with van der Waals surface area (Å²) in [6.45, 7) is 11.1. The second-order valence-corrected chi connectivity index (χ2v) is 11.7. The van der Waals surface area contributed by atoms with Crippen LogP contribution in [0.1, 0.15) is 27.8 Å². The Morgan fingerprint density at radius 3 is 2.65 bits per heavy atom. The molecule has 2 aromatic rings. The molecular weight excluding hydrogens is 486 g/mol. The number of rotatable bonds is 8. The molecule has 2 aromatic carbocycles. The van der Waals surface area contributed by atoms with Gasteiger partial charge in [-0.25, -0.2) is 0 Å². The van der Waals surface area contributed by atoms with E-state index < -0.39 is 5.97 Å². The van der Waals surface area contributed by atoms with Gasteiger partial charge in [0.1, 0.15) is 17.9 Å². The number of aryl methyl sites for hydroxylation is 2. The van der Waals surface area contributed by atoms with E-state index in [2.05, 4.69) is 70.8 Å². The van der Waals surface area contributed by atoms with Crippen molar-refractivity contribution < 1.29 is 19.4 Å². The number of likely N-dealkylation sites (tertiary alicyclic amines) is 1. The zero-order valence-electron chi connectivity index (χ0n) is 21.5. The number of nitrogens with one attached hydrogen (secondary N) is 1. The van der Waals surface area contributed by atoms with Crippen molar-refractivity contribution in [2.45, 2.75) is 32.5 Å². The lowest BCUT2D eigenvalue weighted by Crippen LogP contribution is -2.40. The van der Waals surface area contributed by atoms with Gasteiger partial charge >= 0.3 is 5.97 Å². The molecule has 2 N–H and O–H groups in total. The van der Waals surface area contributed by atoms with Crippen molar-refractivity contribution in [2.75, 3.05) is 39.4 Å². The Hall–Kier alpha value is -2.52. The number of carboxylic acids is 1. The van der Waals surface area contributed by atoms with Crippen LogP contribution < -0.4 is 10.1 Å². The molecule has 1 aliphatic carbocycles. The third-order valence-electron chi connectivity index (χ3n) is 8.16. The maximum Gasteiger partial charge on any atom is 0.307 e. The van der Waals surface area contributed by atoms with Gasteiger partial charge in [-0.2, -0.15) is 0 Å². The number of carbonyl (C=O) groups is 1. The molecule has 8 heteroatoms. The summed E-state index contributed by atoms with van der Waals surface area (Å²) in [5.41, 5.74) is 7.26. The van der Waals surface area contributed by atoms with E-state index in [4.69, 9.17) is 9.47 Å². The minimum Gasteiger partial charge on any atom is -0.488 e. The number of thioether (sulfide) groups is 1. The van der Waals surface area contributed by atoms with Crippen molar-refractivity contribution in [1.82, 2.24) is 15.1 Å². The first-order valence-electron chi connectivity index (χ1n) is 13.2. The fraction of sp³-hybridized carbons (Fsp3) is 0.483. The predicted molar refractivity (Wildman–Crippen MR) is 145 cm³/mol. The highest BCUT2D eigenvalue weighted by Gasteiger charge is 2.60. The number of ether oxygens (including phenoxy) is 2. The zero-order valence-corrected chi connectivity index (χ0v) is 22.3. The van der Waals surface area contributed by atoms with Gasteiger partial charge in [0.05, 0.1) is 24.8 Å². The van der Waals surface area contributed by atoms with Crippen LogP contribution in [0.5, 0.6) is 5.75 Å². The van der Waals surface area contributed by atoms with E-state index in [-0.39, 0.29) is 11.4 Å². The lowest BCUT2D eigenvalue weighted by atomic mass is 10.0. The second kappa shape index (κ2) is 10.3. The molecule has 1 saturated carbocycles. The number of piperidine rings is 1. The quantitative estimate of drug-likeness (QED) is 0.542. The van der Waals surface area contributed by atoms with Crippen molar-refractivity contribution >= 4 is 23.4 Å². The summed E-state index contributed by atoms with van der Waals surface area (Å²) in [4.78, 5) is 16.1. The Labute approximate surface area is 222 Å². The van der Waals surface area contributed by atoms with E-state index in [0.717, 1.165) is 62.9 Å². The highest BCUT2D eigenvalue weighted by atomic mass is 32.2. The van der Waals surface area contributed by atoms with Crippen LogP contribution in [-0.4, -0.2) is 65.8 Å². The smallest absolute Gasteiger partial charge is 0.307 e. The Balaban J connectivity index is 1.08. The molecule has 2 saturated heterocycles. The second-order valence-electron chi connectivity index (χ2n) is 10.7. The Morgan fingerprint density at radius 1 is 1.14 bits per heavy atom. The van der Waals surface area contributed by atoms with Gasteiger partial charge < -0.3 is 19.9 Å². The van der Waals surface area contributed by atoms with E-state index in [9.17, 15) is 9.90 Å². The number of carboxylic acid groups (broad SMARTS) is 1. The molecule has 0 bridgehead atoms. The monoisotopic (exact) mass is 521 g/mol. The predicted octanol–water partition coefficient (Wildman–Crippen LogP) is 3.90. The van der Waals surface area contributed by atoms with E-state index in [1.54, 1.807) is 11.8 Å². The van der Waals surface area contributed by atoms with Gasteiger partial charge in [-0.15, -0.1) is 0 Å². The third kappa shape index (κ3) is 5.25. The summed E-state index contributed by atoms with van der Waals surface area (Å²) >= 11 is 1.76. The molecule has 37 heavy (non-hydrogen) atoms. The average Bonchev–Trinajstić information content (AvgIpc) is 3.21. The molecule has 7 nitrogen and oxygen atoms in total. The van der Waals surface area contributed by atoms with Crippen LogP contribution in [0.15, 0.2) is 41.8 Å². The largest absolute Gasteiger partial charge is 0.488 e. The van der Waals surface area contributed by atoms with E-state index in [0.29, 0.717) is 18.4 Å². The van der Waals surface area contributed by atoms with Crippen molar-refractivity contribution in [3.8, 4) is 5.75 Å². The van der Waals surface area contributed by atoms with Gasteiger partial charge in [-0.05, 0) is 59.9 Å². The molecule has 6 rings (SSSR count). The normalized spacial score (nSPS) is 27.5. The maximum absolute atomic E-state index is 11.3. The number of hydrogen-bond donors (Lipinski definition) is 2. The molecule has 0 spiro atoms. The van der Waals surface area contributed by atoms with Gasteiger partial charge in [0.15, 0.2) is 0 Å². The van der Waals surface area contributed by atoms with Crippen molar-refractivity contribution in [3.63, 3.8) is 0 Å². The van der Waals surface area contributed by atoms with E-state index in [1.165, 1.54) is 22.3 Å². The molecule has 0 amide bonds. The zero-order chi connectivity index (χ0) is 25.5. The lowest BCUT2D eigenvalue weighted by molar-refractivity contribution is -0.139. The summed E-state index contributed by atoms with van der Waals surface area (Å²) in [5, 5.41) is 15.2. The van der Waals surface area contributed by atoms with Crippen LogP contribution in [0.4, 0.5) is 0 Å². The molecule has 3 fully saturated rings. The third-order valence-corrected chi connectivity index (χ3v) is 9.20. The molecular formula is C29H35N3O4S. The van der Waals surface area contributed by atoms with Crippen LogP contribution in [0, 0.1) is 31.6 Å². The summed E-state index contributed by atoms with van der Waals surface area (Å²) in [7, 11) is 0. The van der Waals surface area contributed by atoms with Gasteiger partial charge in [-0.1, -0.05) is 41.6 Å². The van der Waals surface area contributed by atoms with Crippen LogP contribution in [0.3, 0.4) is 0 Å². The van der Waals surface area contributed by atoms with Gasteiger partial charge in [0, 0.05) is 38.3 Å². The van der Waals surface area contributed by atoms with Crippen LogP contribution in [-0.2, 0) is 22.7 Å². The highest BCUT2D eigenvalue weighted by molar-refractivity contribution is 8.03. The van der Waals surface area contributed by atoms with Crippen molar-refractivity contribution in [2.24, 2.45) is 17.8 Å². The number of nitrogens with zero attached hydrogens (tertiary/aromatic N) is 2. The maximum atomic E-state index is 11.3. The first kappa shape index (κ1) is 24.8. The molecule has 3 heterocycles. The minimum absolute atomic E-state index is 0.135. The number of hydrogen-bond acceptors (Lipinski definition) is 7. The Morgan fingerprint density at radius 2 is 1.92 bits per heavy atom. The molecule has 0 aromatic heterocycles.